The molecule has 1 aliphatic heterocycles. The van der Waals surface area contributed by atoms with Gasteiger partial charge in [0.2, 0.25) is 0 Å². The lowest BCUT2D eigenvalue weighted by Crippen LogP contribution is -2.16. The smallest absolute Gasteiger partial charge is 0.257 e. The largest absolute Gasteiger partial charge is 0.508 e. The number of phenols is 1. The second kappa shape index (κ2) is 3.35. The number of ether oxygens (including phenoxy) is 1. The van der Waals surface area contributed by atoms with Crippen LogP contribution in [0.5, 0.6) is 5.75 Å². The van der Waals surface area contributed by atoms with Crippen LogP contribution in [-0.4, -0.2) is 24.2 Å². The average molecular weight is 179 g/mol. The van der Waals surface area contributed by atoms with Crippen LogP contribution < -0.4 is 0 Å². The van der Waals surface area contributed by atoms with Gasteiger partial charge in [-0.05, 0) is 23.4 Å². The highest BCUT2D eigenvalue weighted by molar-refractivity contribution is 5.94. The van der Waals surface area contributed by atoms with Crippen molar-refractivity contribution in [3.63, 3.8) is 0 Å². The van der Waals surface area contributed by atoms with Gasteiger partial charge in [0.15, 0.2) is 6.61 Å². The topological polar surface area (TPSA) is 51.1 Å². The lowest BCUT2D eigenvalue weighted by atomic mass is 10.2. The fourth-order valence-electron chi connectivity index (χ4n) is 1.08. The van der Waals surface area contributed by atoms with E-state index in [1.807, 2.05) is 0 Å². The highest BCUT2D eigenvalue weighted by atomic mass is 16.7. The fraction of sp³-hybridized carbons (Fsp3) is 0.222. The Morgan fingerprint density at radius 1 is 1.31 bits per heavy atom. The van der Waals surface area contributed by atoms with Crippen LogP contribution in [0.15, 0.2) is 29.4 Å². The number of benzene rings is 1. The molecule has 0 unspecified atom stereocenters. The minimum atomic E-state index is 0.189. The van der Waals surface area contributed by atoms with Gasteiger partial charge in [0.1, 0.15) is 12.4 Å². The molecule has 1 aliphatic rings. The maximum absolute atomic E-state index is 9.19. The summed E-state index contributed by atoms with van der Waals surface area (Å²) in [6.07, 6.45) is 0. The van der Waals surface area contributed by atoms with Crippen molar-refractivity contribution in [2.75, 3.05) is 13.2 Å². The molecule has 68 valence electrons. The Morgan fingerprint density at radius 3 is 2.92 bits per heavy atom. The molecule has 13 heavy (non-hydrogen) atoms. The van der Waals surface area contributed by atoms with Crippen LogP contribution in [0.1, 0.15) is 5.56 Å². The number of hydrogen-bond acceptors (Lipinski definition) is 4. The zero-order valence-electron chi connectivity index (χ0n) is 6.93. The summed E-state index contributed by atoms with van der Waals surface area (Å²) in [5.41, 5.74) is 0.722. The van der Waals surface area contributed by atoms with Gasteiger partial charge < -0.3 is 14.7 Å². The molecule has 0 atom stereocenters. The Kier molecular flexibility index (Phi) is 2.04. The van der Waals surface area contributed by atoms with Crippen LogP contribution in [0.25, 0.3) is 0 Å². The van der Waals surface area contributed by atoms with Crippen LogP contribution in [0.2, 0.25) is 0 Å². The third kappa shape index (κ3) is 1.72. The van der Waals surface area contributed by atoms with E-state index in [1.54, 1.807) is 24.3 Å². The molecule has 0 bridgehead atoms. The van der Waals surface area contributed by atoms with Gasteiger partial charge in [-0.25, -0.2) is 0 Å². The van der Waals surface area contributed by atoms with Gasteiger partial charge in [-0.15, -0.1) is 0 Å². The summed E-state index contributed by atoms with van der Waals surface area (Å²) in [5, 5.41) is 12.9. The second-order valence-electron chi connectivity index (χ2n) is 2.63. The van der Waals surface area contributed by atoms with Gasteiger partial charge in [-0.2, -0.15) is 0 Å². The molecule has 0 aromatic heterocycles. The van der Waals surface area contributed by atoms with Crippen molar-refractivity contribution in [2.45, 2.75) is 0 Å². The molecule has 0 amide bonds. The third-order valence-electron chi connectivity index (χ3n) is 1.65. The number of rotatable bonds is 1. The van der Waals surface area contributed by atoms with E-state index < -0.39 is 0 Å². The number of hydrogen-bond donors (Lipinski definition) is 1. The first kappa shape index (κ1) is 7.91. The summed E-state index contributed by atoms with van der Waals surface area (Å²) < 4.78 is 5.23. The van der Waals surface area contributed by atoms with Crippen molar-refractivity contribution >= 4 is 5.90 Å². The van der Waals surface area contributed by atoms with Crippen LogP contribution in [0, 0.1) is 0 Å². The molecule has 4 heteroatoms. The van der Waals surface area contributed by atoms with Crippen molar-refractivity contribution < 1.29 is 14.7 Å². The summed E-state index contributed by atoms with van der Waals surface area (Å²) >= 11 is 0. The number of aromatic hydroxyl groups is 1. The van der Waals surface area contributed by atoms with Crippen molar-refractivity contribution in [1.82, 2.24) is 0 Å². The Bertz CT molecular complexity index is 335. The minimum Gasteiger partial charge on any atom is -0.508 e. The lowest BCUT2D eigenvalue weighted by Gasteiger charge is -2.13. The third-order valence-corrected chi connectivity index (χ3v) is 1.65. The summed E-state index contributed by atoms with van der Waals surface area (Å²) in [4.78, 5) is 4.86. The molecule has 0 spiro atoms. The van der Waals surface area contributed by atoms with Gasteiger partial charge in [0, 0.05) is 5.56 Å². The minimum absolute atomic E-state index is 0.189. The Balaban J connectivity index is 2.29. The molecule has 1 aromatic carbocycles. The first-order valence-corrected chi connectivity index (χ1v) is 3.98. The molecule has 0 radical (unpaired) electrons. The fourth-order valence-corrected chi connectivity index (χ4v) is 1.08. The van der Waals surface area contributed by atoms with E-state index in [2.05, 4.69) is 5.16 Å². The van der Waals surface area contributed by atoms with Crippen molar-refractivity contribution in [1.29, 1.82) is 0 Å². The molecular formula is C9H9NO3. The second-order valence-corrected chi connectivity index (χ2v) is 2.63. The Hall–Kier alpha value is -1.71. The highest BCUT2D eigenvalue weighted by Crippen LogP contribution is 2.13. The molecule has 0 aliphatic carbocycles. The first-order valence-electron chi connectivity index (χ1n) is 3.98. The van der Waals surface area contributed by atoms with Crippen LogP contribution in [-0.2, 0) is 9.57 Å². The van der Waals surface area contributed by atoms with Crippen LogP contribution >= 0.6 is 0 Å². The quantitative estimate of drug-likeness (QED) is 0.702. The van der Waals surface area contributed by atoms with Crippen LogP contribution in [0.4, 0.5) is 0 Å². The monoisotopic (exact) mass is 179 g/mol. The van der Waals surface area contributed by atoms with Gasteiger partial charge in [0.25, 0.3) is 5.90 Å². The van der Waals surface area contributed by atoms with Gasteiger partial charge >= 0.3 is 0 Å². The molecule has 0 fully saturated rings. The molecule has 1 aromatic rings. The summed E-state index contributed by atoms with van der Waals surface area (Å²) in [6, 6.07) is 6.69. The van der Waals surface area contributed by atoms with E-state index in [-0.39, 0.29) is 5.75 Å². The predicted octanol–water partition coefficient (Wildman–Crippen LogP) is 1.10. The van der Waals surface area contributed by atoms with E-state index in [0.29, 0.717) is 19.1 Å². The zero-order chi connectivity index (χ0) is 9.10. The van der Waals surface area contributed by atoms with Crippen molar-refractivity contribution in [2.24, 2.45) is 5.16 Å². The normalized spacial score (nSPS) is 15.5. The molecule has 0 saturated carbocycles. The Labute approximate surface area is 75.4 Å². The number of oxime groups is 1. The summed E-state index contributed by atoms with van der Waals surface area (Å²) in [6.45, 7) is 0.969. The predicted molar refractivity (Wildman–Crippen MR) is 46.5 cm³/mol. The SMILES string of the molecule is Oc1cccc(C2=NOCCO2)c1. The molecule has 0 saturated heterocycles. The van der Waals surface area contributed by atoms with Gasteiger partial charge in [0.05, 0.1) is 0 Å². The molecular weight excluding hydrogens is 170 g/mol. The maximum Gasteiger partial charge on any atom is 0.257 e. The standard InChI is InChI=1S/C9H9NO3/c11-8-3-1-2-7(6-8)9-10-13-5-4-12-9/h1-3,6,11H,4-5H2. The van der Waals surface area contributed by atoms with Gasteiger partial charge in [-0.3, -0.25) is 0 Å². The Morgan fingerprint density at radius 2 is 2.23 bits per heavy atom. The van der Waals surface area contributed by atoms with E-state index in [0.717, 1.165) is 5.56 Å². The number of phenolic OH excluding ortho intramolecular Hbond substituents is 1. The van der Waals surface area contributed by atoms with E-state index in [9.17, 15) is 5.11 Å². The summed E-state index contributed by atoms with van der Waals surface area (Å²) in [5.74, 6) is 0.608. The molecule has 1 heterocycles. The molecule has 2 rings (SSSR count). The van der Waals surface area contributed by atoms with Crippen LogP contribution in [0.3, 0.4) is 0 Å². The number of nitrogens with zero attached hydrogens (tertiary/aromatic N) is 1. The van der Waals surface area contributed by atoms with Crippen molar-refractivity contribution in [3.05, 3.63) is 29.8 Å². The molecule has 4 nitrogen and oxygen atoms in total. The lowest BCUT2D eigenvalue weighted by molar-refractivity contribution is 0.0655. The average Bonchev–Trinajstić information content (AvgIpc) is 2.19. The van der Waals surface area contributed by atoms with E-state index in [4.69, 9.17) is 9.57 Å². The first-order chi connectivity index (χ1) is 6.36. The van der Waals surface area contributed by atoms with E-state index in [1.165, 1.54) is 0 Å². The van der Waals surface area contributed by atoms with Gasteiger partial charge in [-0.1, -0.05) is 6.07 Å². The van der Waals surface area contributed by atoms with E-state index >= 15 is 0 Å². The zero-order valence-corrected chi connectivity index (χ0v) is 6.93. The maximum atomic E-state index is 9.19. The molecule has 1 N–H and O–H groups in total. The summed E-state index contributed by atoms with van der Waals surface area (Å²) in [7, 11) is 0. The highest BCUT2D eigenvalue weighted by Gasteiger charge is 2.10. The van der Waals surface area contributed by atoms with Crippen molar-refractivity contribution in [3.8, 4) is 5.75 Å².